The van der Waals surface area contributed by atoms with Gasteiger partial charge in [-0.3, -0.25) is 4.79 Å². The van der Waals surface area contributed by atoms with Crippen LogP contribution in [-0.2, 0) is 11.2 Å². The van der Waals surface area contributed by atoms with Gasteiger partial charge in [0.1, 0.15) is 0 Å². The third-order valence-electron chi connectivity index (χ3n) is 4.57. The van der Waals surface area contributed by atoms with Crippen LogP contribution >= 0.6 is 0 Å². The van der Waals surface area contributed by atoms with Crippen LogP contribution in [0.2, 0.25) is 0 Å². The number of rotatable bonds is 7. The molecular formula is C18H26F2N2O. The Balaban J connectivity index is 2.06. The molecular weight excluding hydrogens is 298 g/mol. The number of hydrogen-bond acceptors (Lipinski definition) is 2. The smallest absolute Gasteiger partial charge is 0.224 e. The molecule has 1 aliphatic rings. The van der Waals surface area contributed by atoms with Gasteiger partial charge in [0.05, 0.1) is 0 Å². The van der Waals surface area contributed by atoms with Gasteiger partial charge in [0.2, 0.25) is 5.91 Å². The van der Waals surface area contributed by atoms with Crippen LogP contribution in [-0.4, -0.2) is 29.9 Å². The minimum Gasteiger partial charge on any atom is -0.343 e. The minimum atomic E-state index is -0.840. The van der Waals surface area contributed by atoms with Crippen LogP contribution in [0.15, 0.2) is 12.1 Å². The molecule has 2 N–H and O–H groups in total. The maximum atomic E-state index is 13.5. The maximum Gasteiger partial charge on any atom is 0.224 e. The summed E-state index contributed by atoms with van der Waals surface area (Å²) in [5.74, 6) is -1.68. The zero-order chi connectivity index (χ0) is 17.0. The summed E-state index contributed by atoms with van der Waals surface area (Å²) in [4.78, 5) is 14.3. The van der Waals surface area contributed by atoms with Crippen molar-refractivity contribution in [2.75, 3.05) is 13.1 Å². The molecule has 0 radical (unpaired) electrons. The molecule has 2 rings (SSSR count). The number of benzene rings is 1. The van der Waals surface area contributed by atoms with E-state index < -0.39 is 11.6 Å². The van der Waals surface area contributed by atoms with Crippen LogP contribution in [0.4, 0.5) is 8.78 Å². The molecule has 0 spiro atoms. The molecule has 5 heteroatoms. The molecule has 2 unspecified atom stereocenters. The zero-order valence-corrected chi connectivity index (χ0v) is 13.9. The molecule has 0 aromatic heterocycles. The van der Waals surface area contributed by atoms with E-state index in [2.05, 4.69) is 0 Å². The van der Waals surface area contributed by atoms with Crippen LogP contribution in [0.5, 0.6) is 0 Å². The average molecular weight is 324 g/mol. The number of amides is 1. The topological polar surface area (TPSA) is 46.3 Å². The second-order valence-electron chi connectivity index (χ2n) is 6.36. The molecule has 1 amide bonds. The Morgan fingerprint density at radius 3 is 2.48 bits per heavy atom. The fourth-order valence-corrected chi connectivity index (χ4v) is 3.45. The summed E-state index contributed by atoms with van der Waals surface area (Å²) < 4.78 is 26.8. The lowest BCUT2D eigenvalue weighted by Gasteiger charge is -2.26. The fourth-order valence-electron chi connectivity index (χ4n) is 3.45. The van der Waals surface area contributed by atoms with Crippen molar-refractivity contribution < 1.29 is 13.6 Å². The number of halogens is 2. The van der Waals surface area contributed by atoms with Crippen LogP contribution in [0.25, 0.3) is 0 Å². The van der Waals surface area contributed by atoms with E-state index >= 15 is 0 Å². The van der Waals surface area contributed by atoms with Crippen molar-refractivity contribution in [2.24, 2.45) is 5.73 Å². The zero-order valence-electron chi connectivity index (χ0n) is 13.9. The van der Waals surface area contributed by atoms with Gasteiger partial charge in [-0.2, -0.15) is 0 Å². The molecule has 23 heavy (non-hydrogen) atoms. The van der Waals surface area contributed by atoms with Crippen LogP contribution < -0.4 is 5.73 Å². The number of nitrogens with two attached hydrogens (primary N) is 1. The predicted octanol–water partition coefficient (Wildman–Crippen LogP) is 3.36. The first-order valence-electron chi connectivity index (χ1n) is 8.49. The Kier molecular flexibility index (Phi) is 6.10. The van der Waals surface area contributed by atoms with E-state index in [1.54, 1.807) is 0 Å². The second kappa shape index (κ2) is 7.86. The lowest BCUT2D eigenvalue weighted by Crippen LogP contribution is -2.39. The van der Waals surface area contributed by atoms with E-state index in [-0.39, 0.29) is 24.3 Å². The Morgan fingerprint density at radius 1 is 1.26 bits per heavy atom. The molecule has 2 atom stereocenters. The molecule has 0 heterocycles. The van der Waals surface area contributed by atoms with E-state index in [0.29, 0.717) is 6.42 Å². The highest BCUT2D eigenvalue weighted by Crippen LogP contribution is 2.37. The van der Waals surface area contributed by atoms with Crippen molar-refractivity contribution in [1.82, 2.24) is 4.90 Å². The second-order valence-corrected chi connectivity index (χ2v) is 6.36. The van der Waals surface area contributed by atoms with Crippen molar-refractivity contribution in [3.63, 3.8) is 0 Å². The van der Waals surface area contributed by atoms with E-state index in [1.165, 1.54) is 12.1 Å². The number of aryl methyl sites for hydroxylation is 1. The van der Waals surface area contributed by atoms with Crippen molar-refractivity contribution in [3.05, 3.63) is 34.9 Å². The van der Waals surface area contributed by atoms with Crippen LogP contribution in [0.1, 0.15) is 56.6 Å². The number of fused-ring (bicyclic) bond motifs is 1. The normalized spacial score (nSPS) is 17.9. The van der Waals surface area contributed by atoms with E-state index in [4.69, 9.17) is 5.73 Å². The van der Waals surface area contributed by atoms with Gasteiger partial charge in [-0.1, -0.05) is 13.8 Å². The van der Waals surface area contributed by atoms with Gasteiger partial charge in [0, 0.05) is 31.5 Å². The quantitative estimate of drug-likeness (QED) is 0.836. The summed E-state index contributed by atoms with van der Waals surface area (Å²) in [6.45, 7) is 5.56. The summed E-state index contributed by atoms with van der Waals surface area (Å²) in [5, 5.41) is 0. The molecule has 0 saturated heterocycles. The van der Waals surface area contributed by atoms with Gasteiger partial charge < -0.3 is 10.6 Å². The standard InChI is InChI=1S/C18H26F2N2O/c1-3-7-22(8-4-2)18(23)11-17(21)13-6-5-12-9-15(19)16(20)10-14(12)13/h9-10,13,17H,3-8,11,21H2,1-2H3. The third-order valence-corrected chi connectivity index (χ3v) is 4.57. The largest absolute Gasteiger partial charge is 0.343 e. The van der Waals surface area contributed by atoms with Gasteiger partial charge in [-0.25, -0.2) is 8.78 Å². The van der Waals surface area contributed by atoms with Gasteiger partial charge in [-0.05, 0) is 48.9 Å². The summed E-state index contributed by atoms with van der Waals surface area (Å²) in [5.41, 5.74) is 7.83. The number of carbonyl (C=O) groups is 1. The van der Waals surface area contributed by atoms with Crippen LogP contribution in [0.3, 0.4) is 0 Å². The number of nitrogens with zero attached hydrogens (tertiary/aromatic N) is 1. The minimum absolute atomic E-state index is 0.0530. The first-order chi connectivity index (χ1) is 11.0. The number of hydrogen-bond donors (Lipinski definition) is 1. The molecule has 0 bridgehead atoms. The van der Waals surface area contributed by atoms with Gasteiger partial charge in [0.25, 0.3) is 0 Å². The highest BCUT2D eigenvalue weighted by Gasteiger charge is 2.31. The first-order valence-corrected chi connectivity index (χ1v) is 8.49. The monoisotopic (exact) mass is 324 g/mol. The molecule has 128 valence electrons. The molecule has 1 aliphatic carbocycles. The lowest BCUT2D eigenvalue weighted by atomic mass is 9.91. The number of carbonyl (C=O) groups excluding carboxylic acids is 1. The summed E-state index contributed by atoms with van der Waals surface area (Å²) in [6, 6.07) is 2.16. The fraction of sp³-hybridized carbons (Fsp3) is 0.611. The van der Waals surface area contributed by atoms with Crippen LogP contribution in [0, 0.1) is 11.6 Å². The first kappa shape index (κ1) is 17.9. The maximum absolute atomic E-state index is 13.5. The average Bonchev–Trinajstić information content (AvgIpc) is 2.90. The molecule has 0 saturated carbocycles. The van der Waals surface area contributed by atoms with Crippen molar-refractivity contribution in [3.8, 4) is 0 Å². The van der Waals surface area contributed by atoms with Crippen molar-refractivity contribution >= 4 is 5.91 Å². The van der Waals surface area contributed by atoms with E-state index in [0.717, 1.165) is 43.5 Å². The molecule has 3 nitrogen and oxygen atoms in total. The SMILES string of the molecule is CCCN(CCC)C(=O)CC(N)C1CCc2cc(F)c(F)cc21. The summed E-state index contributed by atoms with van der Waals surface area (Å²) in [6.07, 6.45) is 3.51. The van der Waals surface area contributed by atoms with E-state index in [1.807, 2.05) is 18.7 Å². The van der Waals surface area contributed by atoms with Crippen molar-refractivity contribution in [2.45, 2.75) is 57.9 Å². The Bertz CT molecular complexity index is 556. The molecule has 1 aromatic carbocycles. The third kappa shape index (κ3) is 4.08. The molecule has 0 aliphatic heterocycles. The molecule has 1 aromatic rings. The predicted molar refractivity (Wildman–Crippen MR) is 87.2 cm³/mol. The Hall–Kier alpha value is -1.49. The summed E-state index contributed by atoms with van der Waals surface area (Å²) >= 11 is 0. The summed E-state index contributed by atoms with van der Waals surface area (Å²) in [7, 11) is 0. The van der Waals surface area contributed by atoms with Crippen molar-refractivity contribution in [1.29, 1.82) is 0 Å². The van der Waals surface area contributed by atoms with Gasteiger partial charge in [0.15, 0.2) is 11.6 Å². The highest BCUT2D eigenvalue weighted by molar-refractivity contribution is 5.77. The van der Waals surface area contributed by atoms with Gasteiger partial charge in [-0.15, -0.1) is 0 Å². The Morgan fingerprint density at radius 2 is 1.87 bits per heavy atom. The lowest BCUT2D eigenvalue weighted by molar-refractivity contribution is -0.131. The van der Waals surface area contributed by atoms with E-state index in [9.17, 15) is 13.6 Å². The highest BCUT2D eigenvalue weighted by atomic mass is 19.2. The Labute approximate surface area is 136 Å². The van der Waals surface area contributed by atoms with Gasteiger partial charge >= 0.3 is 0 Å². The molecule has 0 fully saturated rings.